The summed E-state index contributed by atoms with van der Waals surface area (Å²) in [4.78, 5) is 11.3. The summed E-state index contributed by atoms with van der Waals surface area (Å²) in [5.74, 6) is 2.46. The van der Waals surface area contributed by atoms with Crippen molar-refractivity contribution in [1.82, 2.24) is 24.5 Å². The van der Waals surface area contributed by atoms with Crippen molar-refractivity contribution in [3.63, 3.8) is 0 Å². The summed E-state index contributed by atoms with van der Waals surface area (Å²) in [6, 6.07) is 8.53. The first-order chi connectivity index (χ1) is 13.1. The third-order valence-corrected chi connectivity index (χ3v) is 4.87. The van der Waals surface area contributed by atoms with Gasteiger partial charge in [-0.3, -0.25) is 0 Å². The van der Waals surface area contributed by atoms with Crippen LogP contribution in [0.25, 0.3) is 16.9 Å². The minimum absolute atomic E-state index is 0.463. The lowest BCUT2D eigenvalue weighted by atomic mass is 10.1. The first-order valence-electron chi connectivity index (χ1n) is 9.58. The Morgan fingerprint density at radius 1 is 1.07 bits per heavy atom. The highest BCUT2D eigenvalue weighted by atomic mass is 15.3. The van der Waals surface area contributed by atoms with Gasteiger partial charge in [0.15, 0.2) is 5.65 Å². The summed E-state index contributed by atoms with van der Waals surface area (Å²) in [6.07, 6.45) is 4.86. The fraction of sp³-hybridized carbons (Fsp3) is 0.450. The normalized spacial score (nSPS) is 15.3. The van der Waals surface area contributed by atoms with E-state index in [9.17, 15) is 0 Å². The van der Waals surface area contributed by atoms with Crippen LogP contribution >= 0.6 is 0 Å². The van der Waals surface area contributed by atoms with Crippen LogP contribution < -0.4 is 10.6 Å². The van der Waals surface area contributed by atoms with E-state index in [-0.39, 0.29) is 0 Å². The second-order valence-electron chi connectivity index (χ2n) is 7.74. The van der Waals surface area contributed by atoms with Crippen molar-refractivity contribution < 1.29 is 0 Å². The minimum atomic E-state index is 0.463. The van der Waals surface area contributed by atoms with Crippen LogP contribution in [-0.2, 0) is 0 Å². The summed E-state index contributed by atoms with van der Waals surface area (Å²) in [6.45, 7) is 7.48. The van der Waals surface area contributed by atoms with Gasteiger partial charge in [0.25, 0.3) is 0 Å². The summed E-state index contributed by atoms with van der Waals surface area (Å²) < 4.78 is 1.88. The van der Waals surface area contributed by atoms with E-state index >= 15 is 0 Å². The monoisotopic (exact) mass is 365 g/mol. The van der Waals surface area contributed by atoms with Gasteiger partial charge in [0.1, 0.15) is 11.6 Å². The average molecular weight is 365 g/mol. The lowest BCUT2D eigenvalue weighted by Crippen LogP contribution is -2.52. The van der Waals surface area contributed by atoms with Gasteiger partial charge in [-0.2, -0.15) is 0 Å². The predicted molar refractivity (Wildman–Crippen MR) is 109 cm³/mol. The molecule has 2 N–H and O–H groups in total. The number of anilines is 2. The van der Waals surface area contributed by atoms with Crippen molar-refractivity contribution in [3.8, 4) is 11.3 Å². The topological polar surface area (TPSA) is 70.4 Å². The van der Waals surface area contributed by atoms with Gasteiger partial charge >= 0.3 is 0 Å². The van der Waals surface area contributed by atoms with E-state index in [1.165, 1.54) is 0 Å². The minimum Gasteiger partial charge on any atom is -0.370 e. The Morgan fingerprint density at radius 2 is 1.89 bits per heavy atom. The molecule has 0 aliphatic carbocycles. The van der Waals surface area contributed by atoms with E-state index in [4.69, 9.17) is 5.10 Å². The molecule has 0 radical (unpaired) electrons. The number of imidazole rings is 1. The van der Waals surface area contributed by atoms with Crippen LogP contribution in [-0.4, -0.2) is 57.2 Å². The molecule has 0 bridgehead atoms. The van der Waals surface area contributed by atoms with Crippen LogP contribution in [0.2, 0.25) is 0 Å². The second-order valence-corrected chi connectivity index (χ2v) is 7.74. The van der Waals surface area contributed by atoms with E-state index < -0.39 is 0 Å². The zero-order valence-corrected chi connectivity index (χ0v) is 16.2. The van der Waals surface area contributed by atoms with Gasteiger partial charge in [0.2, 0.25) is 0 Å². The standard InChI is InChI=1S/C20H27N7/c1-14(2)8-9-21-18-5-4-15(10-22-18)17-11-23-20-7-6-19(25-27(17)20)24-16-12-26(3)13-16/h4-7,10-11,14,16H,8-9,12-13H2,1-3H3,(H,21,22)(H,24,25). The molecule has 142 valence electrons. The first kappa shape index (κ1) is 17.7. The SMILES string of the molecule is CC(C)CCNc1ccc(-c2cnc3ccc(NC4CN(C)C4)nn23)cn1. The van der Waals surface area contributed by atoms with Crippen LogP contribution in [0.1, 0.15) is 20.3 Å². The Hall–Kier alpha value is -2.67. The molecule has 0 unspecified atom stereocenters. The third kappa shape index (κ3) is 4.03. The average Bonchev–Trinajstić information content (AvgIpc) is 3.04. The lowest BCUT2D eigenvalue weighted by molar-refractivity contribution is 0.205. The molecule has 0 spiro atoms. The van der Waals surface area contributed by atoms with Gasteiger partial charge in [-0.15, -0.1) is 5.10 Å². The quantitative estimate of drug-likeness (QED) is 0.671. The van der Waals surface area contributed by atoms with Gasteiger partial charge in [-0.1, -0.05) is 13.8 Å². The van der Waals surface area contributed by atoms with Crippen LogP contribution in [0.4, 0.5) is 11.6 Å². The van der Waals surface area contributed by atoms with E-state index in [1.807, 2.05) is 35.1 Å². The van der Waals surface area contributed by atoms with Crippen molar-refractivity contribution in [1.29, 1.82) is 0 Å². The number of aromatic nitrogens is 4. The maximum Gasteiger partial charge on any atom is 0.154 e. The number of fused-ring (bicyclic) bond motifs is 1. The Balaban J connectivity index is 1.50. The molecule has 7 heteroatoms. The first-order valence-corrected chi connectivity index (χ1v) is 9.58. The molecule has 1 aliphatic rings. The number of likely N-dealkylation sites (tertiary alicyclic amines) is 1. The van der Waals surface area contributed by atoms with E-state index in [2.05, 4.69) is 52.5 Å². The van der Waals surface area contributed by atoms with Crippen molar-refractivity contribution in [2.24, 2.45) is 5.92 Å². The molecular formula is C20H27N7. The summed E-state index contributed by atoms with van der Waals surface area (Å²) in [5, 5.41) is 11.6. The highest BCUT2D eigenvalue weighted by molar-refractivity contribution is 5.64. The molecule has 0 saturated carbocycles. The molecule has 4 rings (SSSR count). The molecule has 1 aliphatic heterocycles. The Kier molecular flexibility index (Phi) is 4.94. The molecule has 1 saturated heterocycles. The number of nitrogens with zero attached hydrogens (tertiary/aromatic N) is 5. The van der Waals surface area contributed by atoms with Gasteiger partial charge in [-0.25, -0.2) is 14.5 Å². The Morgan fingerprint density at radius 3 is 2.59 bits per heavy atom. The van der Waals surface area contributed by atoms with Crippen LogP contribution in [0.3, 0.4) is 0 Å². The highest BCUT2D eigenvalue weighted by Gasteiger charge is 2.23. The number of hydrogen-bond acceptors (Lipinski definition) is 6. The number of nitrogens with one attached hydrogen (secondary N) is 2. The van der Waals surface area contributed by atoms with Crippen LogP contribution in [0.15, 0.2) is 36.7 Å². The highest BCUT2D eigenvalue weighted by Crippen LogP contribution is 2.22. The zero-order chi connectivity index (χ0) is 18.8. The van der Waals surface area contributed by atoms with Crippen molar-refractivity contribution in [2.75, 3.05) is 37.3 Å². The van der Waals surface area contributed by atoms with E-state index in [0.29, 0.717) is 12.0 Å². The molecule has 3 aromatic heterocycles. The van der Waals surface area contributed by atoms with Crippen LogP contribution in [0.5, 0.6) is 0 Å². The fourth-order valence-corrected chi connectivity index (χ4v) is 3.29. The lowest BCUT2D eigenvalue weighted by Gasteiger charge is -2.36. The molecule has 4 heterocycles. The number of likely N-dealkylation sites (N-methyl/N-ethyl adjacent to an activating group) is 1. The molecular weight excluding hydrogens is 338 g/mol. The van der Waals surface area contributed by atoms with E-state index in [0.717, 1.165) is 54.6 Å². The molecule has 1 fully saturated rings. The third-order valence-electron chi connectivity index (χ3n) is 4.87. The smallest absolute Gasteiger partial charge is 0.154 e. The van der Waals surface area contributed by atoms with Crippen molar-refractivity contribution >= 4 is 17.3 Å². The summed E-state index contributed by atoms with van der Waals surface area (Å²) >= 11 is 0. The van der Waals surface area contributed by atoms with Crippen molar-refractivity contribution in [2.45, 2.75) is 26.3 Å². The molecule has 3 aromatic rings. The predicted octanol–water partition coefficient (Wildman–Crippen LogP) is 2.98. The zero-order valence-electron chi connectivity index (χ0n) is 16.2. The molecule has 0 atom stereocenters. The van der Waals surface area contributed by atoms with Gasteiger partial charge < -0.3 is 15.5 Å². The molecule has 0 aromatic carbocycles. The van der Waals surface area contributed by atoms with Gasteiger partial charge in [0, 0.05) is 31.4 Å². The molecule has 0 amide bonds. The Bertz CT molecular complexity index is 894. The summed E-state index contributed by atoms with van der Waals surface area (Å²) in [7, 11) is 2.12. The fourth-order valence-electron chi connectivity index (χ4n) is 3.29. The maximum absolute atomic E-state index is 4.73. The van der Waals surface area contributed by atoms with Crippen molar-refractivity contribution in [3.05, 3.63) is 36.7 Å². The van der Waals surface area contributed by atoms with Gasteiger partial charge in [0.05, 0.1) is 17.9 Å². The second kappa shape index (κ2) is 7.52. The molecule has 27 heavy (non-hydrogen) atoms. The largest absolute Gasteiger partial charge is 0.370 e. The molecule has 7 nitrogen and oxygen atoms in total. The van der Waals surface area contributed by atoms with Gasteiger partial charge in [-0.05, 0) is 43.7 Å². The Labute approximate surface area is 159 Å². The number of rotatable bonds is 7. The summed E-state index contributed by atoms with van der Waals surface area (Å²) in [5.41, 5.74) is 2.78. The van der Waals surface area contributed by atoms with Crippen LogP contribution in [0, 0.1) is 5.92 Å². The maximum atomic E-state index is 4.73. The number of hydrogen-bond donors (Lipinski definition) is 2. The van der Waals surface area contributed by atoms with E-state index in [1.54, 1.807) is 0 Å². The number of pyridine rings is 1.